The quantitative estimate of drug-likeness (QED) is 0.790. The average Bonchev–Trinajstić information content (AvgIpc) is 2.93. The van der Waals surface area contributed by atoms with Gasteiger partial charge < -0.3 is 5.73 Å². The van der Waals surface area contributed by atoms with Gasteiger partial charge in [-0.1, -0.05) is 6.92 Å². The van der Waals surface area contributed by atoms with Crippen molar-refractivity contribution in [2.45, 2.75) is 30.8 Å². The number of nitrogens with zero attached hydrogens (tertiary/aromatic N) is 1. The van der Waals surface area contributed by atoms with Gasteiger partial charge in [-0.3, -0.25) is 4.98 Å². The van der Waals surface area contributed by atoms with Crippen molar-refractivity contribution < 1.29 is 8.42 Å². The van der Waals surface area contributed by atoms with E-state index >= 15 is 0 Å². The number of sulfonamides is 1. The highest BCUT2D eigenvalue weighted by Crippen LogP contribution is 2.30. The summed E-state index contributed by atoms with van der Waals surface area (Å²) >= 11 is 0. The monoisotopic (exact) mass is 241 g/mol. The molecule has 1 heterocycles. The van der Waals surface area contributed by atoms with E-state index in [0.717, 1.165) is 6.42 Å². The summed E-state index contributed by atoms with van der Waals surface area (Å²) in [6.07, 6.45) is 2.26. The lowest BCUT2D eigenvalue weighted by Gasteiger charge is -2.05. The van der Waals surface area contributed by atoms with E-state index in [-0.39, 0.29) is 10.9 Å². The van der Waals surface area contributed by atoms with E-state index in [1.54, 1.807) is 6.07 Å². The van der Waals surface area contributed by atoms with Crippen LogP contribution in [0.25, 0.3) is 0 Å². The van der Waals surface area contributed by atoms with Gasteiger partial charge in [0.15, 0.2) is 0 Å². The van der Waals surface area contributed by atoms with Gasteiger partial charge in [0.25, 0.3) is 0 Å². The molecule has 0 amide bonds. The van der Waals surface area contributed by atoms with E-state index in [0.29, 0.717) is 18.2 Å². The molecule has 0 aliphatic heterocycles. The van der Waals surface area contributed by atoms with Crippen molar-refractivity contribution in [1.29, 1.82) is 0 Å². The van der Waals surface area contributed by atoms with Crippen LogP contribution in [0.2, 0.25) is 0 Å². The van der Waals surface area contributed by atoms with Gasteiger partial charge in [0.1, 0.15) is 4.90 Å². The lowest BCUT2D eigenvalue weighted by molar-refractivity contribution is 0.578. The van der Waals surface area contributed by atoms with Crippen LogP contribution in [0, 0.1) is 5.92 Å². The molecule has 1 aliphatic carbocycles. The Morgan fingerprint density at radius 1 is 1.56 bits per heavy atom. The summed E-state index contributed by atoms with van der Waals surface area (Å²) in [7, 11) is -3.41. The second-order valence-electron chi connectivity index (χ2n) is 4.13. The van der Waals surface area contributed by atoms with Gasteiger partial charge >= 0.3 is 0 Å². The largest absolute Gasteiger partial charge is 0.325 e. The molecule has 2 rings (SSSR count). The fraction of sp³-hybridized carbons (Fsp3) is 0.500. The molecule has 5 nitrogen and oxygen atoms in total. The summed E-state index contributed by atoms with van der Waals surface area (Å²) in [6, 6.07) is 3.24. The number of hydrogen-bond acceptors (Lipinski definition) is 4. The van der Waals surface area contributed by atoms with E-state index in [4.69, 9.17) is 5.73 Å². The van der Waals surface area contributed by atoms with Crippen molar-refractivity contribution in [3.05, 3.63) is 24.0 Å². The second kappa shape index (κ2) is 4.12. The summed E-state index contributed by atoms with van der Waals surface area (Å²) in [5.41, 5.74) is 6.07. The number of hydrogen-bond donors (Lipinski definition) is 2. The average molecular weight is 241 g/mol. The van der Waals surface area contributed by atoms with Gasteiger partial charge in [-0.15, -0.1) is 0 Å². The zero-order valence-corrected chi connectivity index (χ0v) is 9.87. The molecule has 0 saturated heterocycles. The van der Waals surface area contributed by atoms with Crippen molar-refractivity contribution in [2.24, 2.45) is 11.7 Å². The summed E-state index contributed by atoms with van der Waals surface area (Å²) in [6.45, 7) is 2.33. The van der Waals surface area contributed by atoms with E-state index in [9.17, 15) is 8.42 Å². The molecule has 1 aromatic heterocycles. The van der Waals surface area contributed by atoms with Crippen LogP contribution in [-0.2, 0) is 16.6 Å². The SMILES string of the molecule is CC1CC1NS(=O)(=O)c1ccc(CN)nc1. The molecule has 2 unspecified atom stereocenters. The first kappa shape index (κ1) is 11.5. The zero-order valence-electron chi connectivity index (χ0n) is 9.05. The normalized spacial score (nSPS) is 24.4. The number of aromatic nitrogens is 1. The fourth-order valence-corrected chi connectivity index (χ4v) is 2.75. The van der Waals surface area contributed by atoms with Crippen LogP contribution >= 0.6 is 0 Å². The zero-order chi connectivity index (χ0) is 11.8. The Balaban J connectivity index is 2.15. The van der Waals surface area contributed by atoms with E-state index in [1.165, 1.54) is 12.3 Å². The lowest BCUT2D eigenvalue weighted by atomic mass is 10.4. The Labute approximate surface area is 95.1 Å². The molecular formula is C10H15N3O2S. The van der Waals surface area contributed by atoms with E-state index in [1.807, 2.05) is 6.92 Å². The molecule has 88 valence electrons. The minimum Gasteiger partial charge on any atom is -0.325 e. The summed E-state index contributed by atoms with van der Waals surface area (Å²) in [5, 5.41) is 0. The fourth-order valence-electron chi connectivity index (χ4n) is 1.44. The minimum absolute atomic E-state index is 0.0826. The highest BCUT2D eigenvalue weighted by atomic mass is 32.2. The summed E-state index contributed by atoms with van der Waals surface area (Å²) in [5.74, 6) is 0.436. The Bertz CT molecular complexity index is 469. The molecule has 2 atom stereocenters. The van der Waals surface area contributed by atoms with E-state index in [2.05, 4.69) is 9.71 Å². The smallest absolute Gasteiger partial charge is 0.242 e. The molecule has 16 heavy (non-hydrogen) atoms. The molecule has 6 heteroatoms. The van der Waals surface area contributed by atoms with Gasteiger partial charge in [-0.2, -0.15) is 0 Å². The van der Waals surface area contributed by atoms with Gasteiger partial charge in [0.05, 0.1) is 5.69 Å². The van der Waals surface area contributed by atoms with Crippen LogP contribution in [0.4, 0.5) is 0 Å². The van der Waals surface area contributed by atoms with Crippen molar-refractivity contribution in [3.8, 4) is 0 Å². The Morgan fingerprint density at radius 3 is 2.69 bits per heavy atom. The predicted molar refractivity (Wildman–Crippen MR) is 60.0 cm³/mol. The van der Waals surface area contributed by atoms with Crippen LogP contribution in [0.1, 0.15) is 19.0 Å². The first-order chi connectivity index (χ1) is 7.53. The Hall–Kier alpha value is -0.980. The molecule has 1 saturated carbocycles. The third kappa shape index (κ3) is 2.40. The van der Waals surface area contributed by atoms with Gasteiger partial charge in [-0.05, 0) is 24.5 Å². The van der Waals surface area contributed by atoms with Gasteiger partial charge in [0.2, 0.25) is 10.0 Å². The molecule has 1 aromatic rings. The standard InChI is InChI=1S/C10H15N3O2S/c1-7-4-10(7)13-16(14,15)9-3-2-8(5-11)12-6-9/h2-3,6-7,10,13H,4-5,11H2,1H3. The summed E-state index contributed by atoms with van der Waals surface area (Å²) < 4.78 is 26.3. The van der Waals surface area contributed by atoms with E-state index < -0.39 is 10.0 Å². The maximum absolute atomic E-state index is 11.8. The Morgan fingerprint density at radius 2 is 2.25 bits per heavy atom. The van der Waals surface area contributed by atoms with Crippen LogP contribution in [0.15, 0.2) is 23.2 Å². The van der Waals surface area contributed by atoms with Crippen molar-refractivity contribution in [2.75, 3.05) is 0 Å². The topological polar surface area (TPSA) is 85.1 Å². The molecule has 0 bridgehead atoms. The van der Waals surface area contributed by atoms with Gasteiger partial charge in [-0.25, -0.2) is 13.1 Å². The molecule has 3 N–H and O–H groups in total. The minimum atomic E-state index is -3.41. The first-order valence-electron chi connectivity index (χ1n) is 5.20. The number of nitrogens with two attached hydrogens (primary N) is 1. The lowest BCUT2D eigenvalue weighted by Crippen LogP contribution is -2.27. The predicted octanol–water partition coefficient (Wildman–Crippen LogP) is 0.227. The molecule has 0 aromatic carbocycles. The van der Waals surface area contributed by atoms with Crippen molar-refractivity contribution >= 4 is 10.0 Å². The number of rotatable bonds is 4. The molecule has 0 spiro atoms. The number of pyridine rings is 1. The first-order valence-corrected chi connectivity index (χ1v) is 6.68. The molecule has 0 radical (unpaired) electrons. The maximum atomic E-state index is 11.8. The number of nitrogens with one attached hydrogen (secondary N) is 1. The van der Waals surface area contributed by atoms with Crippen LogP contribution in [0.5, 0.6) is 0 Å². The molecular weight excluding hydrogens is 226 g/mol. The third-order valence-electron chi connectivity index (χ3n) is 2.73. The third-order valence-corrected chi connectivity index (χ3v) is 4.21. The summed E-state index contributed by atoms with van der Waals surface area (Å²) in [4.78, 5) is 4.16. The van der Waals surface area contributed by atoms with Crippen molar-refractivity contribution in [3.63, 3.8) is 0 Å². The highest BCUT2D eigenvalue weighted by molar-refractivity contribution is 7.89. The van der Waals surface area contributed by atoms with Crippen molar-refractivity contribution in [1.82, 2.24) is 9.71 Å². The Kier molecular flexibility index (Phi) is 2.96. The highest BCUT2D eigenvalue weighted by Gasteiger charge is 2.36. The van der Waals surface area contributed by atoms with Crippen LogP contribution in [-0.4, -0.2) is 19.4 Å². The van der Waals surface area contributed by atoms with Crippen LogP contribution in [0.3, 0.4) is 0 Å². The van der Waals surface area contributed by atoms with Gasteiger partial charge in [0, 0.05) is 18.8 Å². The van der Waals surface area contributed by atoms with Crippen LogP contribution < -0.4 is 10.5 Å². The second-order valence-corrected chi connectivity index (χ2v) is 5.84. The molecule has 1 fully saturated rings. The molecule has 1 aliphatic rings. The maximum Gasteiger partial charge on any atom is 0.242 e.